The number of hydrogen-bond acceptors (Lipinski definition) is 15. The number of amides is 8. The second-order valence-electron chi connectivity index (χ2n) is 23.5. The highest BCUT2D eigenvalue weighted by molar-refractivity contribution is 5.97. The Bertz CT molecular complexity index is 2810. The number of unbranched alkanes of at least 4 members (excludes halogenated alkanes) is 1. The van der Waals surface area contributed by atoms with Gasteiger partial charge in [-0.25, -0.2) is 19.7 Å². The van der Waals surface area contributed by atoms with Crippen LogP contribution in [0, 0.1) is 17.8 Å². The van der Waals surface area contributed by atoms with Gasteiger partial charge < -0.3 is 78.0 Å². The Balaban J connectivity index is 1.16. The Kier molecular flexibility index (Phi) is 26.9. The molecule has 2 saturated heterocycles. The van der Waals surface area contributed by atoms with Crippen LogP contribution in [0.4, 0.5) is 0 Å². The number of benzene rings is 1. The number of nitrogens with one attached hydrogen (secondary N) is 11. The fraction of sp³-hybridized carbons (Fsp3) is 0.600. The van der Waals surface area contributed by atoms with Crippen molar-refractivity contribution in [3.63, 3.8) is 0 Å². The van der Waals surface area contributed by atoms with Crippen molar-refractivity contribution in [1.29, 1.82) is 0 Å². The molecule has 27 nitrogen and oxygen atoms in total. The summed E-state index contributed by atoms with van der Waals surface area (Å²) in [4.78, 5) is 149. The number of hydrogen-bond donors (Lipinski definition) is 13. The minimum Gasteiger partial charge on any atom is -0.480 e. The molecule has 2 aliphatic rings. The third-order valence-electron chi connectivity index (χ3n) is 15.7. The largest absolute Gasteiger partial charge is 0.480 e. The van der Waals surface area contributed by atoms with Crippen molar-refractivity contribution in [2.75, 3.05) is 26.2 Å². The molecule has 6 rings (SSSR count). The Morgan fingerprint density at radius 1 is 0.655 bits per heavy atom. The standard InChI is InChI=1S/C60H90N16O11/c1-7-37(6)50(57(82)73-47(26-40-29-63-33-67-40)55(80)70-44(60(85)86)17-11-12-20-61)75-58(83)51(36(4)5)87-31-42(23-35(2)3)69-53(78)46(25-39-28-62-32-66-39)71-54(79)45(24-38-15-9-8-10-16-38)72-56(81)49-19-14-22-76(49)59(84)48(27-41-30-64-34-68-41)74-52(77)43-18-13-21-65-43/h8-10,15-16,28-30,32-37,42-51,65H,7,11-14,17-27,31,61H2,1-6H3,(H,62,66)(H,63,67)(H,64,68)(H,69,78)(H,70,80)(H,71,79)(H,72,81)(H,73,82)(H,74,77)(H,75,83)(H,85,86)/t37-,42-,43-,44+,45-,46-,47-,48-,49-,50-,51-/m0/s1. The molecule has 476 valence electrons. The fourth-order valence-electron chi connectivity index (χ4n) is 10.8. The summed E-state index contributed by atoms with van der Waals surface area (Å²) >= 11 is 0. The van der Waals surface area contributed by atoms with Gasteiger partial charge in [0.05, 0.1) is 37.7 Å². The van der Waals surface area contributed by atoms with Crippen molar-refractivity contribution in [1.82, 2.24) is 77.3 Å². The number of ether oxygens (including phenoxy) is 1. The van der Waals surface area contributed by atoms with Crippen molar-refractivity contribution >= 4 is 53.2 Å². The van der Waals surface area contributed by atoms with Crippen LogP contribution in [0.5, 0.6) is 0 Å². The van der Waals surface area contributed by atoms with Gasteiger partial charge in [-0.1, -0.05) is 78.3 Å². The van der Waals surface area contributed by atoms with Crippen LogP contribution in [0.15, 0.2) is 67.9 Å². The Hall–Kier alpha value is -8.04. The van der Waals surface area contributed by atoms with E-state index in [4.69, 9.17) is 10.5 Å². The third-order valence-corrected chi connectivity index (χ3v) is 15.7. The second kappa shape index (κ2) is 34.3. The van der Waals surface area contributed by atoms with Gasteiger partial charge in [-0.2, -0.15) is 0 Å². The predicted molar refractivity (Wildman–Crippen MR) is 320 cm³/mol. The molecule has 0 bridgehead atoms. The number of H-pyrrole nitrogens is 3. The number of nitrogens with zero attached hydrogens (tertiary/aromatic N) is 4. The van der Waals surface area contributed by atoms with Crippen LogP contribution in [0.3, 0.4) is 0 Å². The molecule has 2 aliphatic heterocycles. The van der Waals surface area contributed by atoms with Crippen LogP contribution in [0.25, 0.3) is 0 Å². The summed E-state index contributed by atoms with van der Waals surface area (Å²) < 4.78 is 6.39. The predicted octanol–water partition coefficient (Wildman–Crippen LogP) is 0.610. The van der Waals surface area contributed by atoms with E-state index >= 15 is 0 Å². The number of aromatic nitrogens is 6. The first-order chi connectivity index (χ1) is 41.7. The molecule has 3 aromatic heterocycles. The van der Waals surface area contributed by atoms with Gasteiger partial charge in [0.1, 0.15) is 48.4 Å². The molecule has 0 aliphatic carbocycles. The van der Waals surface area contributed by atoms with Crippen molar-refractivity contribution in [2.45, 2.75) is 185 Å². The zero-order valence-corrected chi connectivity index (χ0v) is 50.8. The van der Waals surface area contributed by atoms with Crippen LogP contribution in [0.1, 0.15) is 122 Å². The van der Waals surface area contributed by atoms with Crippen LogP contribution in [-0.4, -0.2) is 180 Å². The van der Waals surface area contributed by atoms with Crippen LogP contribution < -0.4 is 48.3 Å². The van der Waals surface area contributed by atoms with E-state index in [1.54, 1.807) is 39.1 Å². The van der Waals surface area contributed by atoms with E-state index in [2.05, 4.69) is 72.4 Å². The average Bonchev–Trinajstić information content (AvgIpc) is 3.05. The summed E-state index contributed by atoms with van der Waals surface area (Å²) in [5, 5.41) is 33.0. The summed E-state index contributed by atoms with van der Waals surface area (Å²) in [6.45, 7) is 12.2. The highest BCUT2D eigenvalue weighted by Gasteiger charge is 2.41. The van der Waals surface area contributed by atoms with Gasteiger partial charge in [-0.3, -0.25) is 38.4 Å². The summed E-state index contributed by atoms with van der Waals surface area (Å²) in [5.74, 6) is -6.82. The van der Waals surface area contributed by atoms with Gasteiger partial charge in [0.15, 0.2) is 0 Å². The van der Waals surface area contributed by atoms with E-state index in [1.807, 2.05) is 39.0 Å². The van der Waals surface area contributed by atoms with Gasteiger partial charge in [-0.05, 0) is 87.8 Å². The lowest BCUT2D eigenvalue weighted by Crippen LogP contribution is -2.60. The first-order valence-corrected chi connectivity index (χ1v) is 30.4. The molecule has 87 heavy (non-hydrogen) atoms. The van der Waals surface area contributed by atoms with Gasteiger partial charge in [0, 0.05) is 67.9 Å². The summed E-state index contributed by atoms with van der Waals surface area (Å²) in [6, 6.07) is -0.258. The molecule has 14 N–H and O–H groups in total. The molecule has 4 aromatic rings. The van der Waals surface area contributed by atoms with Crippen LogP contribution in [0.2, 0.25) is 0 Å². The highest BCUT2D eigenvalue weighted by atomic mass is 16.5. The molecular weight excluding hydrogens is 1120 g/mol. The smallest absolute Gasteiger partial charge is 0.326 e. The maximum absolute atomic E-state index is 14.8. The SMILES string of the molecule is CC[C@H](C)[C@H](NC(=O)[C@@H](OC[C@H](CC(C)C)NC(=O)[C@H](Cc1cnc[nH]1)NC(=O)[C@H](Cc1ccccc1)NC(=O)[C@@H]1CCCN1C(=O)[C@H](Cc1cnc[nH]1)NC(=O)[C@@H]1CCCN1)C(C)C)C(=O)N[C@@H](Cc1cnc[nH]1)C(=O)N[C@H](CCCCN)C(=O)O. The maximum atomic E-state index is 14.8. The van der Waals surface area contributed by atoms with Crippen molar-refractivity contribution < 1.29 is 53.0 Å². The van der Waals surface area contributed by atoms with E-state index < -0.39 is 120 Å². The lowest BCUT2D eigenvalue weighted by atomic mass is 9.96. The van der Waals surface area contributed by atoms with Gasteiger partial charge in [0.2, 0.25) is 47.3 Å². The van der Waals surface area contributed by atoms with Gasteiger partial charge in [-0.15, -0.1) is 0 Å². The molecule has 5 heterocycles. The molecule has 11 atom stereocenters. The van der Waals surface area contributed by atoms with Gasteiger partial charge >= 0.3 is 5.97 Å². The summed E-state index contributed by atoms with van der Waals surface area (Å²) in [7, 11) is 0. The lowest BCUT2D eigenvalue weighted by Gasteiger charge is -2.31. The minimum absolute atomic E-state index is 0.00168. The molecule has 0 radical (unpaired) electrons. The summed E-state index contributed by atoms with van der Waals surface area (Å²) in [5.41, 5.74) is 7.95. The number of rotatable bonds is 36. The zero-order chi connectivity index (χ0) is 63.0. The quantitative estimate of drug-likeness (QED) is 0.0278. The normalized spacial score (nSPS) is 18.1. The fourth-order valence-corrected chi connectivity index (χ4v) is 10.8. The van der Waals surface area contributed by atoms with E-state index in [-0.39, 0.29) is 57.1 Å². The molecule has 0 spiro atoms. The molecule has 27 heteroatoms. The Morgan fingerprint density at radius 3 is 1.75 bits per heavy atom. The number of carbonyl (C=O) groups is 9. The van der Waals surface area contributed by atoms with E-state index in [1.165, 1.54) is 36.3 Å². The number of nitrogens with two attached hydrogens (primary N) is 1. The van der Waals surface area contributed by atoms with Crippen molar-refractivity contribution in [3.8, 4) is 0 Å². The van der Waals surface area contributed by atoms with Gasteiger partial charge in [0.25, 0.3) is 0 Å². The number of aliphatic carboxylic acids is 1. The summed E-state index contributed by atoms with van der Waals surface area (Å²) in [6.07, 6.45) is 12.0. The first-order valence-electron chi connectivity index (χ1n) is 30.4. The van der Waals surface area contributed by atoms with Crippen LogP contribution >= 0.6 is 0 Å². The molecule has 2 fully saturated rings. The average molecular weight is 1210 g/mol. The van der Waals surface area contributed by atoms with Crippen molar-refractivity contribution in [3.05, 3.63) is 90.5 Å². The number of carboxylic acids is 1. The van der Waals surface area contributed by atoms with Crippen LogP contribution in [-0.2, 0) is 73.6 Å². The van der Waals surface area contributed by atoms with Crippen molar-refractivity contribution in [2.24, 2.45) is 23.5 Å². The lowest BCUT2D eigenvalue weighted by molar-refractivity contribution is -0.143. The molecular formula is C60H90N16O11. The maximum Gasteiger partial charge on any atom is 0.326 e. The second-order valence-corrected chi connectivity index (χ2v) is 23.5. The molecule has 1 aromatic carbocycles. The topological polar surface area (TPSA) is 395 Å². The Labute approximate surface area is 507 Å². The molecule has 0 unspecified atom stereocenters. The zero-order valence-electron chi connectivity index (χ0n) is 50.8. The monoisotopic (exact) mass is 1210 g/mol. The highest BCUT2D eigenvalue weighted by Crippen LogP contribution is 2.22. The van der Waals surface area contributed by atoms with E-state index in [0.29, 0.717) is 80.7 Å². The molecule has 0 saturated carbocycles. The van der Waals surface area contributed by atoms with E-state index in [0.717, 1.165) is 6.42 Å². The number of aromatic amines is 3. The first kappa shape index (κ1) is 68.1. The van der Waals surface area contributed by atoms with E-state index in [9.17, 15) is 48.3 Å². The Morgan fingerprint density at radius 2 is 1.22 bits per heavy atom. The third kappa shape index (κ3) is 21.1. The number of imidazole rings is 3. The number of carboxylic acid groups (broad SMARTS) is 1. The minimum atomic E-state index is -1.26. The number of carbonyl (C=O) groups excluding carboxylic acids is 8. The molecule has 8 amide bonds. The number of likely N-dealkylation sites (tertiary alicyclic amines) is 1.